The molecule has 4 heteroatoms. The first kappa shape index (κ1) is 14.3. The molecule has 0 unspecified atom stereocenters. The summed E-state index contributed by atoms with van der Waals surface area (Å²) >= 11 is 0. The van der Waals surface area contributed by atoms with Crippen molar-refractivity contribution in [3.8, 4) is 11.5 Å². The Bertz CT molecular complexity index is 750. The highest BCUT2D eigenvalue weighted by Crippen LogP contribution is 2.39. The fourth-order valence-corrected chi connectivity index (χ4v) is 2.47. The number of carbonyl (C=O) groups is 1. The molecule has 3 rings (SSSR count). The van der Waals surface area contributed by atoms with Crippen LogP contribution in [-0.4, -0.2) is 12.6 Å². The van der Waals surface area contributed by atoms with Crippen molar-refractivity contribution in [3.05, 3.63) is 65.5 Å². The van der Waals surface area contributed by atoms with Gasteiger partial charge in [-0.25, -0.2) is 9.18 Å². The molecule has 1 heterocycles. The summed E-state index contributed by atoms with van der Waals surface area (Å²) < 4.78 is 24.3. The van der Waals surface area contributed by atoms with Gasteiger partial charge in [0.05, 0.1) is 6.61 Å². The van der Waals surface area contributed by atoms with Gasteiger partial charge in [0, 0.05) is 24.1 Å². The number of hydrogen-bond acceptors (Lipinski definition) is 3. The standard InChI is InChI=1S/C18H15FO3/c1-2-21-18(20)10-13-9-12-5-3-4-6-16(12)22-17-11-14(19)7-8-15(13)17/h3-8,10-11H,2,9H2,1H3/b13-10+. The molecular weight excluding hydrogens is 283 g/mol. The summed E-state index contributed by atoms with van der Waals surface area (Å²) in [5, 5.41) is 0. The average molecular weight is 298 g/mol. The Morgan fingerprint density at radius 1 is 1.27 bits per heavy atom. The number of halogens is 1. The van der Waals surface area contributed by atoms with Gasteiger partial charge in [0.2, 0.25) is 0 Å². The highest BCUT2D eigenvalue weighted by Gasteiger charge is 2.20. The number of rotatable bonds is 2. The van der Waals surface area contributed by atoms with Gasteiger partial charge >= 0.3 is 5.97 Å². The number of esters is 1. The minimum absolute atomic E-state index is 0.311. The van der Waals surface area contributed by atoms with Crippen LogP contribution < -0.4 is 4.74 Å². The predicted molar refractivity (Wildman–Crippen MR) is 81.2 cm³/mol. The third-order valence-corrected chi connectivity index (χ3v) is 3.44. The third-order valence-electron chi connectivity index (χ3n) is 3.44. The summed E-state index contributed by atoms with van der Waals surface area (Å²) in [4.78, 5) is 11.8. The molecule has 0 spiro atoms. The Kier molecular flexibility index (Phi) is 3.92. The number of hydrogen-bond donors (Lipinski definition) is 0. The van der Waals surface area contributed by atoms with E-state index >= 15 is 0 Å². The molecule has 3 nitrogen and oxygen atoms in total. The molecule has 0 atom stereocenters. The van der Waals surface area contributed by atoms with Gasteiger partial charge in [-0.05, 0) is 36.3 Å². The molecule has 22 heavy (non-hydrogen) atoms. The lowest BCUT2D eigenvalue weighted by atomic mass is 9.98. The molecule has 0 saturated heterocycles. The van der Waals surface area contributed by atoms with E-state index < -0.39 is 5.97 Å². The fraction of sp³-hybridized carbons (Fsp3) is 0.167. The Labute approximate surface area is 128 Å². The van der Waals surface area contributed by atoms with Crippen molar-refractivity contribution in [2.75, 3.05) is 6.61 Å². The van der Waals surface area contributed by atoms with Crippen LogP contribution in [0.1, 0.15) is 18.1 Å². The monoisotopic (exact) mass is 298 g/mol. The van der Waals surface area contributed by atoms with Crippen LogP contribution in [0.5, 0.6) is 11.5 Å². The van der Waals surface area contributed by atoms with Crippen molar-refractivity contribution >= 4 is 11.5 Å². The van der Waals surface area contributed by atoms with E-state index in [4.69, 9.17) is 9.47 Å². The van der Waals surface area contributed by atoms with Crippen LogP contribution in [0.15, 0.2) is 48.5 Å². The Balaban J connectivity index is 2.12. The van der Waals surface area contributed by atoms with E-state index in [2.05, 4.69) is 0 Å². The topological polar surface area (TPSA) is 35.5 Å². The minimum Gasteiger partial charge on any atom is -0.463 e. The first-order valence-electron chi connectivity index (χ1n) is 7.10. The molecule has 0 bridgehead atoms. The maximum absolute atomic E-state index is 13.5. The number of ether oxygens (including phenoxy) is 2. The second kappa shape index (κ2) is 6.02. The van der Waals surface area contributed by atoms with Gasteiger partial charge in [-0.1, -0.05) is 18.2 Å². The highest BCUT2D eigenvalue weighted by atomic mass is 19.1. The molecule has 0 amide bonds. The lowest BCUT2D eigenvalue weighted by Crippen LogP contribution is -2.02. The van der Waals surface area contributed by atoms with Gasteiger partial charge in [0.25, 0.3) is 0 Å². The summed E-state index contributed by atoms with van der Waals surface area (Å²) in [6.07, 6.45) is 1.97. The molecule has 0 fully saturated rings. The van der Waals surface area contributed by atoms with E-state index in [1.165, 1.54) is 18.2 Å². The zero-order chi connectivity index (χ0) is 15.5. The highest BCUT2D eigenvalue weighted by molar-refractivity contribution is 5.93. The van der Waals surface area contributed by atoms with Gasteiger partial charge in [-0.2, -0.15) is 0 Å². The molecule has 0 saturated carbocycles. The van der Waals surface area contributed by atoms with Gasteiger partial charge in [0.15, 0.2) is 0 Å². The molecule has 0 aliphatic carbocycles. The summed E-state index contributed by atoms with van der Waals surface area (Å²) in [7, 11) is 0. The van der Waals surface area contributed by atoms with Gasteiger partial charge in [-0.15, -0.1) is 0 Å². The zero-order valence-electron chi connectivity index (χ0n) is 12.1. The van der Waals surface area contributed by atoms with Crippen molar-refractivity contribution in [2.45, 2.75) is 13.3 Å². The SMILES string of the molecule is CCOC(=O)/C=C1\Cc2ccccc2Oc2cc(F)ccc21. The van der Waals surface area contributed by atoms with E-state index in [0.29, 0.717) is 30.1 Å². The second-order valence-electron chi connectivity index (χ2n) is 4.95. The summed E-state index contributed by atoms with van der Waals surface area (Å²) in [6.45, 7) is 2.07. The number of fused-ring (bicyclic) bond motifs is 2. The van der Waals surface area contributed by atoms with Crippen LogP contribution in [0.2, 0.25) is 0 Å². The molecule has 2 aromatic rings. The van der Waals surface area contributed by atoms with Gasteiger partial charge in [0.1, 0.15) is 17.3 Å². The Morgan fingerprint density at radius 2 is 2.09 bits per heavy atom. The van der Waals surface area contributed by atoms with Crippen LogP contribution in [0.25, 0.3) is 5.57 Å². The molecule has 0 N–H and O–H groups in total. The second-order valence-corrected chi connectivity index (χ2v) is 4.95. The van der Waals surface area contributed by atoms with Crippen molar-refractivity contribution in [1.29, 1.82) is 0 Å². The zero-order valence-corrected chi connectivity index (χ0v) is 12.1. The predicted octanol–water partition coefficient (Wildman–Crippen LogP) is 4.12. The lowest BCUT2D eigenvalue weighted by molar-refractivity contribution is -0.137. The van der Waals surface area contributed by atoms with E-state index in [1.54, 1.807) is 13.0 Å². The normalized spacial score (nSPS) is 14.5. The molecule has 2 aromatic carbocycles. The molecule has 1 aliphatic heterocycles. The lowest BCUT2D eigenvalue weighted by Gasteiger charge is -2.09. The van der Waals surface area contributed by atoms with E-state index in [1.807, 2.05) is 24.3 Å². The Hall–Kier alpha value is -2.62. The Morgan fingerprint density at radius 3 is 2.91 bits per heavy atom. The molecule has 1 aliphatic rings. The first-order valence-corrected chi connectivity index (χ1v) is 7.10. The van der Waals surface area contributed by atoms with E-state index in [-0.39, 0.29) is 5.82 Å². The van der Waals surface area contributed by atoms with Crippen LogP contribution in [0.4, 0.5) is 4.39 Å². The summed E-state index contributed by atoms with van der Waals surface area (Å²) in [5.74, 6) is 0.280. The van der Waals surface area contributed by atoms with Crippen molar-refractivity contribution in [3.63, 3.8) is 0 Å². The number of allylic oxidation sites excluding steroid dienone is 1. The average Bonchev–Trinajstić information content (AvgIpc) is 2.63. The van der Waals surface area contributed by atoms with Gasteiger partial charge in [-0.3, -0.25) is 0 Å². The van der Waals surface area contributed by atoms with Crippen LogP contribution in [0, 0.1) is 5.82 Å². The van der Waals surface area contributed by atoms with E-state index in [0.717, 1.165) is 11.1 Å². The van der Waals surface area contributed by atoms with Gasteiger partial charge < -0.3 is 9.47 Å². The summed E-state index contributed by atoms with van der Waals surface area (Å²) in [5.41, 5.74) is 2.39. The molecule has 0 aromatic heterocycles. The van der Waals surface area contributed by atoms with Crippen molar-refractivity contribution in [2.24, 2.45) is 0 Å². The van der Waals surface area contributed by atoms with Crippen molar-refractivity contribution in [1.82, 2.24) is 0 Å². The van der Waals surface area contributed by atoms with Crippen LogP contribution in [-0.2, 0) is 16.0 Å². The smallest absolute Gasteiger partial charge is 0.331 e. The van der Waals surface area contributed by atoms with Crippen LogP contribution >= 0.6 is 0 Å². The molecular formula is C18H15FO3. The number of para-hydroxylation sites is 1. The first-order chi connectivity index (χ1) is 10.7. The van der Waals surface area contributed by atoms with Crippen LogP contribution in [0.3, 0.4) is 0 Å². The molecule has 0 radical (unpaired) electrons. The minimum atomic E-state index is -0.410. The third kappa shape index (κ3) is 2.86. The van der Waals surface area contributed by atoms with Crippen molar-refractivity contribution < 1.29 is 18.7 Å². The number of benzene rings is 2. The number of carbonyl (C=O) groups excluding carboxylic acids is 1. The quantitative estimate of drug-likeness (QED) is 0.618. The maximum Gasteiger partial charge on any atom is 0.331 e. The summed E-state index contributed by atoms with van der Waals surface area (Å²) in [6, 6.07) is 11.8. The largest absolute Gasteiger partial charge is 0.463 e. The fourth-order valence-electron chi connectivity index (χ4n) is 2.47. The molecule has 112 valence electrons. The van der Waals surface area contributed by atoms with E-state index in [9.17, 15) is 9.18 Å². The maximum atomic E-state index is 13.5.